The number of fused-ring (bicyclic) bond motifs is 2. The molecular weight excluding hydrogens is 438 g/mol. The van der Waals surface area contributed by atoms with Crippen LogP contribution in [0.1, 0.15) is 54.7 Å². The average Bonchev–Trinajstić information content (AvgIpc) is 3.39. The van der Waals surface area contributed by atoms with Crippen LogP contribution in [-0.2, 0) is 24.1 Å². The number of hydrogen-bond acceptors (Lipinski definition) is 6. The normalized spacial score (nSPS) is 16.8. The SMILES string of the molecule is Cc1cc(C(=O)COC(=O)c2cc3c(s2)CCCC3)c(C)n1C[C@H]1COc2ccccc2O1. The smallest absolute Gasteiger partial charge is 0.348 e. The Labute approximate surface area is 197 Å². The van der Waals surface area contributed by atoms with E-state index in [1.807, 2.05) is 50.2 Å². The molecule has 0 saturated carbocycles. The van der Waals surface area contributed by atoms with Crippen molar-refractivity contribution >= 4 is 23.1 Å². The van der Waals surface area contributed by atoms with E-state index in [-0.39, 0.29) is 18.5 Å². The first-order valence-corrected chi connectivity index (χ1v) is 12.2. The zero-order valence-electron chi connectivity index (χ0n) is 18.9. The third-order valence-electron chi connectivity index (χ3n) is 6.36. The Morgan fingerprint density at radius 3 is 2.73 bits per heavy atom. The predicted octanol–water partition coefficient (Wildman–Crippen LogP) is 4.92. The summed E-state index contributed by atoms with van der Waals surface area (Å²) in [5.74, 6) is 0.867. The third-order valence-corrected chi connectivity index (χ3v) is 7.58. The minimum Gasteiger partial charge on any atom is -0.486 e. The lowest BCUT2D eigenvalue weighted by Crippen LogP contribution is -2.33. The summed E-state index contributed by atoms with van der Waals surface area (Å²) in [6, 6.07) is 11.4. The van der Waals surface area contributed by atoms with Crippen LogP contribution < -0.4 is 9.47 Å². The minimum atomic E-state index is -0.414. The van der Waals surface area contributed by atoms with E-state index < -0.39 is 5.97 Å². The molecule has 2 aliphatic rings. The van der Waals surface area contributed by atoms with Gasteiger partial charge in [0.05, 0.1) is 6.54 Å². The van der Waals surface area contributed by atoms with Gasteiger partial charge in [-0.3, -0.25) is 4.79 Å². The monoisotopic (exact) mass is 465 g/mol. The minimum absolute atomic E-state index is 0.157. The van der Waals surface area contributed by atoms with Crippen LogP contribution in [0.4, 0.5) is 0 Å². The molecule has 0 radical (unpaired) electrons. The Bertz CT molecular complexity index is 1180. The maximum absolute atomic E-state index is 12.9. The molecule has 3 aromatic rings. The predicted molar refractivity (Wildman–Crippen MR) is 126 cm³/mol. The maximum atomic E-state index is 12.9. The number of para-hydroxylation sites is 2. The van der Waals surface area contributed by atoms with Gasteiger partial charge in [-0.2, -0.15) is 0 Å². The molecule has 0 saturated heterocycles. The standard InChI is InChI=1S/C26H27NO5S/c1-16-11-20(17(2)27(16)13-19-14-30-22-8-4-5-9-23(22)32-19)21(28)15-31-26(29)25-12-18-7-3-6-10-24(18)33-25/h4-5,8-9,11-12,19H,3,6-7,10,13-15H2,1-2H3/t19-/m0/s1. The fraction of sp³-hybridized carbons (Fsp3) is 0.385. The van der Waals surface area contributed by atoms with Gasteiger partial charge in [0.1, 0.15) is 11.5 Å². The van der Waals surface area contributed by atoms with Gasteiger partial charge in [-0.15, -0.1) is 11.3 Å². The van der Waals surface area contributed by atoms with Crippen LogP contribution in [0.15, 0.2) is 36.4 Å². The van der Waals surface area contributed by atoms with Crippen LogP contribution in [0, 0.1) is 13.8 Å². The van der Waals surface area contributed by atoms with Gasteiger partial charge in [0.25, 0.3) is 0 Å². The van der Waals surface area contributed by atoms with Gasteiger partial charge < -0.3 is 18.8 Å². The molecule has 0 N–H and O–H groups in total. The first kappa shape index (κ1) is 21.8. The Balaban J connectivity index is 1.23. The van der Waals surface area contributed by atoms with Crippen LogP contribution in [0.25, 0.3) is 0 Å². The number of nitrogens with zero attached hydrogens (tertiary/aromatic N) is 1. The summed E-state index contributed by atoms with van der Waals surface area (Å²) in [6.45, 7) is 4.62. The van der Waals surface area contributed by atoms with Gasteiger partial charge in [-0.25, -0.2) is 4.79 Å². The van der Waals surface area contributed by atoms with Gasteiger partial charge in [-0.05, 0) is 69.4 Å². The second kappa shape index (κ2) is 9.06. The first-order valence-electron chi connectivity index (χ1n) is 11.4. The van der Waals surface area contributed by atoms with E-state index in [4.69, 9.17) is 14.2 Å². The van der Waals surface area contributed by atoms with Crippen molar-refractivity contribution in [1.29, 1.82) is 0 Å². The fourth-order valence-corrected chi connectivity index (χ4v) is 5.74. The van der Waals surface area contributed by atoms with Crippen molar-refractivity contribution in [3.8, 4) is 11.5 Å². The lowest BCUT2D eigenvalue weighted by atomic mass is 9.99. The first-order chi connectivity index (χ1) is 16.0. The van der Waals surface area contributed by atoms with Crippen molar-refractivity contribution in [3.05, 3.63) is 68.7 Å². The summed E-state index contributed by atoms with van der Waals surface area (Å²) in [7, 11) is 0. The highest BCUT2D eigenvalue weighted by atomic mass is 32.1. The van der Waals surface area contributed by atoms with Gasteiger partial charge >= 0.3 is 5.97 Å². The van der Waals surface area contributed by atoms with Gasteiger partial charge in [0, 0.05) is 21.8 Å². The molecule has 6 nitrogen and oxygen atoms in total. The summed E-state index contributed by atoms with van der Waals surface area (Å²) in [5, 5.41) is 0. The highest BCUT2D eigenvalue weighted by molar-refractivity contribution is 7.14. The molecule has 1 atom stereocenters. The average molecular weight is 466 g/mol. The molecular formula is C26H27NO5S. The molecule has 33 heavy (non-hydrogen) atoms. The van der Waals surface area contributed by atoms with Crippen LogP contribution in [0.5, 0.6) is 11.5 Å². The van der Waals surface area contributed by atoms with E-state index in [0.29, 0.717) is 23.6 Å². The number of rotatable bonds is 6. The van der Waals surface area contributed by atoms with Crippen LogP contribution in [-0.4, -0.2) is 35.6 Å². The number of Topliss-reactive ketones (excluding diaryl/α,β-unsaturated/α-hetero) is 1. The summed E-state index contributed by atoms with van der Waals surface area (Å²) >= 11 is 1.50. The van der Waals surface area contributed by atoms with Crippen molar-refractivity contribution in [3.63, 3.8) is 0 Å². The number of benzene rings is 1. The molecule has 0 amide bonds. The number of esters is 1. The summed E-state index contributed by atoms with van der Waals surface area (Å²) < 4.78 is 19.3. The van der Waals surface area contributed by atoms with Crippen molar-refractivity contribution < 1.29 is 23.8 Å². The molecule has 0 spiro atoms. The highest BCUT2D eigenvalue weighted by Crippen LogP contribution is 2.32. The summed E-state index contributed by atoms with van der Waals surface area (Å²) in [6.07, 6.45) is 4.22. The topological polar surface area (TPSA) is 66.8 Å². The van der Waals surface area contributed by atoms with Crippen LogP contribution in [0.2, 0.25) is 0 Å². The third kappa shape index (κ3) is 4.42. The van der Waals surface area contributed by atoms with E-state index in [2.05, 4.69) is 4.57 Å². The van der Waals surface area contributed by atoms with Crippen LogP contribution in [0.3, 0.4) is 0 Å². The Morgan fingerprint density at radius 2 is 1.91 bits per heavy atom. The lowest BCUT2D eigenvalue weighted by molar-refractivity contribution is 0.0479. The van der Waals surface area contributed by atoms with Crippen molar-refractivity contribution in [2.24, 2.45) is 0 Å². The van der Waals surface area contributed by atoms with E-state index in [1.165, 1.54) is 28.2 Å². The fourth-order valence-electron chi connectivity index (χ4n) is 4.59. The number of carbonyl (C=O) groups excluding carboxylic acids is 2. The number of aromatic nitrogens is 1. The molecule has 1 aromatic carbocycles. The molecule has 172 valence electrons. The van der Waals surface area contributed by atoms with Gasteiger partial charge in [0.15, 0.2) is 24.2 Å². The molecule has 3 heterocycles. The largest absolute Gasteiger partial charge is 0.486 e. The molecule has 1 aliphatic carbocycles. The molecule has 0 bridgehead atoms. The lowest BCUT2D eigenvalue weighted by Gasteiger charge is -2.27. The van der Waals surface area contributed by atoms with Crippen molar-refractivity contribution in [1.82, 2.24) is 4.57 Å². The van der Waals surface area contributed by atoms with E-state index in [0.717, 1.165) is 42.1 Å². The van der Waals surface area contributed by atoms with Gasteiger partial charge in [0.2, 0.25) is 5.78 Å². The zero-order valence-corrected chi connectivity index (χ0v) is 19.7. The number of hydrogen-bond donors (Lipinski definition) is 0. The number of thiophene rings is 1. The Kier molecular flexibility index (Phi) is 5.98. The molecule has 2 aromatic heterocycles. The number of carbonyl (C=O) groups is 2. The molecule has 7 heteroatoms. The second-order valence-electron chi connectivity index (χ2n) is 8.66. The Morgan fingerprint density at radius 1 is 1.12 bits per heavy atom. The molecule has 5 rings (SSSR count). The van der Waals surface area contributed by atoms with E-state index >= 15 is 0 Å². The second-order valence-corrected chi connectivity index (χ2v) is 9.80. The number of ether oxygens (including phenoxy) is 3. The maximum Gasteiger partial charge on any atom is 0.348 e. The van der Waals surface area contributed by atoms with Crippen molar-refractivity contribution in [2.45, 2.75) is 52.2 Å². The highest BCUT2D eigenvalue weighted by Gasteiger charge is 2.25. The van der Waals surface area contributed by atoms with E-state index in [1.54, 1.807) is 0 Å². The number of ketones is 1. The van der Waals surface area contributed by atoms with Crippen LogP contribution >= 0.6 is 11.3 Å². The van der Waals surface area contributed by atoms with E-state index in [9.17, 15) is 9.59 Å². The number of aryl methyl sites for hydroxylation is 3. The van der Waals surface area contributed by atoms with Gasteiger partial charge in [-0.1, -0.05) is 12.1 Å². The summed E-state index contributed by atoms with van der Waals surface area (Å²) in [5.41, 5.74) is 3.62. The summed E-state index contributed by atoms with van der Waals surface area (Å²) in [4.78, 5) is 27.3. The molecule has 1 aliphatic heterocycles. The quantitative estimate of drug-likeness (QED) is 0.382. The van der Waals surface area contributed by atoms with Crippen molar-refractivity contribution in [2.75, 3.05) is 13.2 Å². The Hall–Kier alpha value is -3.06. The molecule has 0 unspecified atom stereocenters. The molecule has 0 fully saturated rings. The zero-order chi connectivity index (χ0) is 22.9.